The average Bonchev–Trinajstić information content (AvgIpc) is 2.83. The molecular formula is C14H19N3O. The number of hydrogen-bond acceptors (Lipinski definition) is 4. The van der Waals surface area contributed by atoms with E-state index in [0.29, 0.717) is 23.2 Å². The third-order valence-corrected chi connectivity index (χ3v) is 3.85. The molecule has 0 saturated heterocycles. The van der Waals surface area contributed by atoms with Crippen molar-refractivity contribution in [2.45, 2.75) is 26.2 Å². The molecule has 0 aromatic carbocycles. The fourth-order valence-electron chi connectivity index (χ4n) is 2.68. The molecule has 2 N–H and O–H groups in total. The molecule has 0 spiro atoms. The Morgan fingerprint density at radius 2 is 2.28 bits per heavy atom. The van der Waals surface area contributed by atoms with Crippen LogP contribution in [0.1, 0.15) is 30.4 Å². The largest absolute Gasteiger partial charge is 0.396 e. The van der Waals surface area contributed by atoms with Crippen molar-refractivity contribution in [3.63, 3.8) is 0 Å². The van der Waals surface area contributed by atoms with Gasteiger partial charge in [-0.25, -0.2) is 4.98 Å². The highest BCUT2D eigenvalue weighted by atomic mass is 16.3. The number of hydrogen-bond donors (Lipinski definition) is 2. The van der Waals surface area contributed by atoms with Crippen LogP contribution in [-0.4, -0.2) is 23.2 Å². The van der Waals surface area contributed by atoms with Crippen LogP contribution in [0, 0.1) is 30.1 Å². The number of aliphatic hydroxyl groups is 1. The van der Waals surface area contributed by atoms with Crippen molar-refractivity contribution in [1.29, 1.82) is 5.26 Å². The van der Waals surface area contributed by atoms with Crippen LogP contribution in [0.25, 0.3) is 0 Å². The van der Waals surface area contributed by atoms with Crippen LogP contribution in [0.15, 0.2) is 12.3 Å². The molecule has 1 heterocycles. The fraction of sp³-hybridized carbons (Fsp3) is 0.571. The second-order valence-corrected chi connectivity index (χ2v) is 4.98. The normalized spacial score (nSPS) is 22.7. The van der Waals surface area contributed by atoms with Crippen molar-refractivity contribution in [1.82, 2.24) is 4.98 Å². The summed E-state index contributed by atoms with van der Waals surface area (Å²) in [5.41, 5.74) is 1.57. The minimum atomic E-state index is 0.263. The molecular weight excluding hydrogens is 226 g/mol. The highest BCUT2D eigenvalue weighted by Crippen LogP contribution is 2.31. The molecule has 1 aliphatic rings. The van der Waals surface area contributed by atoms with E-state index in [2.05, 4.69) is 16.4 Å². The number of nitrogens with one attached hydrogen (secondary N) is 1. The maximum Gasteiger partial charge on any atom is 0.144 e. The number of rotatable bonds is 4. The lowest BCUT2D eigenvalue weighted by Gasteiger charge is -2.18. The van der Waals surface area contributed by atoms with Gasteiger partial charge in [0.15, 0.2) is 0 Å². The van der Waals surface area contributed by atoms with Crippen LogP contribution in [0.4, 0.5) is 5.82 Å². The topological polar surface area (TPSA) is 68.9 Å². The van der Waals surface area contributed by atoms with Crippen LogP contribution in [0.2, 0.25) is 0 Å². The zero-order valence-corrected chi connectivity index (χ0v) is 10.7. The SMILES string of the molecule is Cc1ccnc(NCC2CCCC2CO)c1C#N. The summed E-state index contributed by atoms with van der Waals surface area (Å²) < 4.78 is 0. The summed E-state index contributed by atoms with van der Waals surface area (Å²) in [5, 5.41) is 21.7. The predicted octanol–water partition coefficient (Wildman–Crippen LogP) is 2.08. The van der Waals surface area contributed by atoms with Gasteiger partial charge in [-0.05, 0) is 43.2 Å². The van der Waals surface area contributed by atoms with E-state index in [0.717, 1.165) is 24.9 Å². The van der Waals surface area contributed by atoms with Crippen molar-refractivity contribution < 1.29 is 5.11 Å². The Bertz CT molecular complexity index is 453. The first-order valence-electron chi connectivity index (χ1n) is 6.46. The third-order valence-electron chi connectivity index (χ3n) is 3.85. The second-order valence-electron chi connectivity index (χ2n) is 4.98. The molecule has 4 heteroatoms. The molecule has 96 valence electrons. The van der Waals surface area contributed by atoms with E-state index in [1.807, 2.05) is 13.0 Å². The first-order valence-corrected chi connectivity index (χ1v) is 6.46. The molecule has 2 rings (SSSR count). The summed E-state index contributed by atoms with van der Waals surface area (Å²) in [6, 6.07) is 4.03. The van der Waals surface area contributed by atoms with Gasteiger partial charge in [-0.2, -0.15) is 5.26 Å². The number of anilines is 1. The van der Waals surface area contributed by atoms with Gasteiger partial charge in [0.25, 0.3) is 0 Å². The Kier molecular flexibility index (Phi) is 4.16. The standard InChI is InChI=1S/C14H19N3O/c1-10-5-6-16-14(13(10)7-15)17-8-11-3-2-4-12(11)9-18/h5-6,11-12,18H,2-4,8-9H2,1H3,(H,16,17). The summed E-state index contributed by atoms with van der Waals surface area (Å²) in [7, 11) is 0. The van der Waals surface area contributed by atoms with E-state index >= 15 is 0 Å². The highest BCUT2D eigenvalue weighted by molar-refractivity contribution is 5.55. The molecule has 0 aliphatic heterocycles. The van der Waals surface area contributed by atoms with Crippen LogP contribution in [0.3, 0.4) is 0 Å². The van der Waals surface area contributed by atoms with Gasteiger partial charge in [0.2, 0.25) is 0 Å². The lowest BCUT2D eigenvalue weighted by molar-refractivity contribution is 0.199. The second kappa shape index (κ2) is 5.83. The van der Waals surface area contributed by atoms with E-state index < -0.39 is 0 Å². The lowest BCUT2D eigenvalue weighted by atomic mass is 9.97. The van der Waals surface area contributed by atoms with Crippen LogP contribution < -0.4 is 5.32 Å². The zero-order chi connectivity index (χ0) is 13.0. The molecule has 4 nitrogen and oxygen atoms in total. The Morgan fingerprint density at radius 3 is 3.00 bits per heavy atom. The van der Waals surface area contributed by atoms with Gasteiger partial charge in [0.05, 0.1) is 5.56 Å². The molecule has 0 bridgehead atoms. The van der Waals surface area contributed by atoms with Crippen LogP contribution >= 0.6 is 0 Å². The quantitative estimate of drug-likeness (QED) is 0.852. The van der Waals surface area contributed by atoms with E-state index in [1.165, 1.54) is 6.42 Å². The number of aromatic nitrogens is 1. The molecule has 0 radical (unpaired) electrons. The number of pyridine rings is 1. The Labute approximate surface area is 108 Å². The highest BCUT2D eigenvalue weighted by Gasteiger charge is 2.26. The van der Waals surface area contributed by atoms with Crippen molar-refractivity contribution in [3.05, 3.63) is 23.4 Å². The summed E-state index contributed by atoms with van der Waals surface area (Å²) in [6.07, 6.45) is 5.15. The Balaban J connectivity index is 2.02. The molecule has 1 fully saturated rings. The molecule has 0 amide bonds. The van der Waals surface area contributed by atoms with Crippen LogP contribution in [0.5, 0.6) is 0 Å². The molecule has 1 aromatic heterocycles. The first kappa shape index (κ1) is 12.8. The fourth-order valence-corrected chi connectivity index (χ4v) is 2.68. The summed E-state index contributed by atoms with van der Waals surface area (Å²) >= 11 is 0. The molecule has 2 unspecified atom stereocenters. The Morgan fingerprint density at radius 1 is 1.50 bits per heavy atom. The van der Waals surface area contributed by atoms with Crippen molar-refractivity contribution >= 4 is 5.82 Å². The third kappa shape index (κ3) is 2.62. The monoisotopic (exact) mass is 245 g/mol. The summed E-state index contributed by atoms with van der Waals surface area (Å²) in [5.74, 6) is 1.55. The summed E-state index contributed by atoms with van der Waals surface area (Å²) in [6.45, 7) is 2.96. The number of nitrogens with zero attached hydrogens (tertiary/aromatic N) is 2. The van der Waals surface area contributed by atoms with E-state index in [1.54, 1.807) is 6.20 Å². The molecule has 1 aliphatic carbocycles. The molecule has 18 heavy (non-hydrogen) atoms. The van der Waals surface area contributed by atoms with Crippen LogP contribution in [-0.2, 0) is 0 Å². The first-order chi connectivity index (χ1) is 8.76. The van der Waals surface area contributed by atoms with Crippen molar-refractivity contribution in [2.75, 3.05) is 18.5 Å². The number of nitriles is 1. The van der Waals surface area contributed by atoms with Gasteiger partial charge in [-0.1, -0.05) is 6.42 Å². The van der Waals surface area contributed by atoms with Gasteiger partial charge in [0, 0.05) is 19.3 Å². The Hall–Kier alpha value is -1.60. The van der Waals surface area contributed by atoms with Gasteiger partial charge >= 0.3 is 0 Å². The van der Waals surface area contributed by atoms with Crippen molar-refractivity contribution in [3.8, 4) is 6.07 Å². The molecule has 1 aromatic rings. The van der Waals surface area contributed by atoms with Gasteiger partial charge in [0.1, 0.15) is 11.9 Å². The average molecular weight is 245 g/mol. The molecule has 2 atom stereocenters. The zero-order valence-electron chi connectivity index (χ0n) is 10.7. The maximum absolute atomic E-state index is 9.28. The molecule has 1 saturated carbocycles. The minimum Gasteiger partial charge on any atom is -0.396 e. The van der Waals surface area contributed by atoms with Crippen molar-refractivity contribution in [2.24, 2.45) is 11.8 Å². The maximum atomic E-state index is 9.28. The van der Waals surface area contributed by atoms with E-state index in [9.17, 15) is 5.11 Å². The van der Waals surface area contributed by atoms with Gasteiger partial charge in [-0.15, -0.1) is 0 Å². The number of aliphatic hydroxyl groups excluding tert-OH is 1. The smallest absolute Gasteiger partial charge is 0.144 e. The summed E-state index contributed by atoms with van der Waals surface area (Å²) in [4.78, 5) is 4.23. The minimum absolute atomic E-state index is 0.263. The van der Waals surface area contributed by atoms with Gasteiger partial charge in [-0.3, -0.25) is 0 Å². The predicted molar refractivity (Wildman–Crippen MR) is 70.1 cm³/mol. The van der Waals surface area contributed by atoms with Gasteiger partial charge < -0.3 is 10.4 Å². The number of aryl methyl sites for hydroxylation is 1. The lowest BCUT2D eigenvalue weighted by Crippen LogP contribution is -2.21. The van der Waals surface area contributed by atoms with E-state index in [-0.39, 0.29) is 6.61 Å². The van der Waals surface area contributed by atoms with E-state index in [4.69, 9.17) is 5.26 Å².